The molecular weight excluding hydrogens is 320 g/mol. The number of aryl methyl sites for hydroxylation is 1. The number of ether oxygens (including phenoxy) is 2. The molecule has 1 fully saturated rings. The molecule has 0 unspecified atom stereocenters. The van der Waals surface area contributed by atoms with Crippen molar-refractivity contribution in [2.75, 3.05) is 19.8 Å². The van der Waals surface area contributed by atoms with E-state index in [0.29, 0.717) is 25.5 Å². The monoisotopic (exact) mass is 342 g/mol. The van der Waals surface area contributed by atoms with Crippen LogP contribution in [0.4, 0.5) is 0 Å². The number of nitrogens with zero attached hydrogens (tertiary/aromatic N) is 1. The van der Waals surface area contributed by atoms with Crippen molar-refractivity contribution < 1.29 is 18.8 Å². The maximum Gasteiger partial charge on any atom is 0.289 e. The molecule has 4 rings (SSSR count). The first-order valence-electron chi connectivity index (χ1n) is 8.78. The van der Waals surface area contributed by atoms with Crippen molar-refractivity contribution >= 4 is 5.91 Å². The fourth-order valence-electron chi connectivity index (χ4n) is 3.80. The highest BCUT2D eigenvalue weighted by Crippen LogP contribution is 2.43. The Morgan fingerprint density at radius 2 is 1.92 bits per heavy atom. The molecule has 1 saturated carbocycles. The molecule has 132 valence electrons. The summed E-state index contributed by atoms with van der Waals surface area (Å²) < 4.78 is 16.4. The van der Waals surface area contributed by atoms with Crippen LogP contribution in [-0.4, -0.2) is 30.8 Å². The van der Waals surface area contributed by atoms with Crippen LogP contribution in [0.15, 0.2) is 28.8 Å². The maximum atomic E-state index is 12.3. The molecule has 1 amide bonds. The topological polar surface area (TPSA) is 73.6 Å². The summed E-state index contributed by atoms with van der Waals surface area (Å²) in [7, 11) is 0. The van der Waals surface area contributed by atoms with Gasteiger partial charge in [0, 0.05) is 18.0 Å². The van der Waals surface area contributed by atoms with Gasteiger partial charge in [0.25, 0.3) is 5.91 Å². The quantitative estimate of drug-likeness (QED) is 0.925. The Labute approximate surface area is 146 Å². The van der Waals surface area contributed by atoms with Gasteiger partial charge in [-0.3, -0.25) is 4.79 Å². The highest BCUT2D eigenvalue weighted by molar-refractivity contribution is 5.91. The van der Waals surface area contributed by atoms with Crippen molar-refractivity contribution in [3.05, 3.63) is 41.3 Å². The lowest BCUT2D eigenvalue weighted by atomic mass is 9.78. The molecule has 1 aromatic heterocycles. The zero-order chi connectivity index (χ0) is 17.3. The second-order valence-electron chi connectivity index (χ2n) is 6.86. The van der Waals surface area contributed by atoms with Gasteiger partial charge in [-0.2, -0.15) is 0 Å². The minimum atomic E-state index is -0.218. The van der Waals surface area contributed by atoms with Crippen molar-refractivity contribution in [3.63, 3.8) is 0 Å². The Morgan fingerprint density at radius 3 is 2.64 bits per heavy atom. The molecule has 0 saturated heterocycles. The van der Waals surface area contributed by atoms with Crippen molar-refractivity contribution in [1.29, 1.82) is 0 Å². The van der Waals surface area contributed by atoms with Gasteiger partial charge in [-0.1, -0.05) is 24.1 Å². The molecule has 2 aliphatic rings. The first kappa shape index (κ1) is 16.0. The lowest BCUT2D eigenvalue weighted by molar-refractivity contribution is 0.0906. The van der Waals surface area contributed by atoms with E-state index in [9.17, 15) is 4.79 Å². The number of benzene rings is 1. The number of aromatic nitrogens is 1. The van der Waals surface area contributed by atoms with Crippen molar-refractivity contribution in [2.24, 2.45) is 0 Å². The van der Waals surface area contributed by atoms with Crippen LogP contribution in [0.5, 0.6) is 11.5 Å². The zero-order valence-electron chi connectivity index (χ0n) is 14.3. The fourth-order valence-corrected chi connectivity index (χ4v) is 3.80. The average Bonchev–Trinajstić information content (AvgIpc) is 3.29. The predicted molar refractivity (Wildman–Crippen MR) is 91.2 cm³/mol. The van der Waals surface area contributed by atoms with E-state index in [0.717, 1.165) is 37.2 Å². The summed E-state index contributed by atoms with van der Waals surface area (Å²) in [5.74, 6) is 1.63. The van der Waals surface area contributed by atoms with Gasteiger partial charge in [0.2, 0.25) is 5.76 Å². The summed E-state index contributed by atoms with van der Waals surface area (Å²) >= 11 is 0. The second-order valence-corrected chi connectivity index (χ2v) is 6.86. The van der Waals surface area contributed by atoms with Gasteiger partial charge in [-0.25, -0.2) is 0 Å². The number of rotatable bonds is 4. The highest BCUT2D eigenvalue weighted by atomic mass is 16.6. The summed E-state index contributed by atoms with van der Waals surface area (Å²) in [5, 5.41) is 6.80. The smallest absolute Gasteiger partial charge is 0.289 e. The molecule has 1 aliphatic carbocycles. The number of hydrogen-bond acceptors (Lipinski definition) is 5. The Hall–Kier alpha value is -2.50. The molecule has 2 heterocycles. The van der Waals surface area contributed by atoms with Crippen LogP contribution in [0, 0.1) is 6.92 Å². The van der Waals surface area contributed by atoms with Gasteiger partial charge in [0.1, 0.15) is 13.2 Å². The standard InChI is InChI=1S/C19H22N2O4/c1-13-10-17(25-21-13)18(22)20-12-19(6-2-3-7-19)14-4-5-15-16(11-14)24-9-8-23-15/h4-5,10-11H,2-3,6-9,12H2,1H3,(H,20,22). The van der Waals surface area contributed by atoms with Crippen LogP contribution in [0.1, 0.15) is 47.5 Å². The average molecular weight is 342 g/mol. The SMILES string of the molecule is Cc1cc(C(=O)NCC2(c3ccc4c(c3)OCCO4)CCCC2)on1. The molecular formula is C19H22N2O4. The largest absolute Gasteiger partial charge is 0.486 e. The van der Waals surface area contributed by atoms with Crippen LogP contribution in [-0.2, 0) is 5.41 Å². The highest BCUT2D eigenvalue weighted by Gasteiger charge is 2.37. The molecule has 1 aliphatic heterocycles. The summed E-state index contributed by atoms with van der Waals surface area (Å²) in [6.45, 7) is 3.54. The third-order valence-electron chi connectivity index (χ3n) is 5.15. The lowest BCUT2D eigenvalue weighted by Crippen LogP contribution is -2.39. The van der Waals surface area contributed by atoms with E-state index in [1.54, 1.807) is 13.0 Å². The van der Waals surface area contributed by atoms with Gasteiger partial charge < -0.3 is 19.3 Å². The molecule has 0 radical (unpaired) electrons. The van der Waals surface area contributed by atoms with Gasteiger partial charge >= 0.3 is 0 Å². The van der Waals surface area contributed by atoms with E-state index in [2.05, 4.69) is 22.6 Å². The second kappa shape index (κ2) is 6.43. The molecule has 2 aromatic rings. The van der Waals surface area contributed by atoms with Crippen molar-refractivity contribution in [2.45, 2.75) is 38.0 Å². The van der Waals surface area contributed by atoms with Crippen molar-refractivity contribution in [3.8, 4) is 11.5 Å². The van der Waals surface area contributed by atoms with Crippen LogP contribution >= 0.6 is 0 Å². The minimum absolute atomic E-state index is 0.0689. The van der Waals surface area contributed by atoms with Gasteiger partial charge in [-0.05, 0) is 37.5 Å². The third kappa shape index (κ3) is 3.08. The summed E-state index contributed by atoms with van der Waals surface area (Å²) in [6.07, 6.45) is 4.40. The normalized spacial score (nSPS) is 18.1. The number of hydrogen-bond donors (Lipinski definition) is 1. The van der Waals surface area contributed by atoms with E-state index >= 15 is 0 Å². The van der Waals surface area contributed by atoms with Crippen LogP contribution in [0.25, 0.3) is 0 Å². The Bertz CT molecular complexity index is 777. The fraction of sp³-hybridized carbons (Fsp3) is 0.474. The predicted octanol–water partition coefficient (Wildman–Crippen LogP) is 3.00. The Morgan fingerprint density at radius 1 is 1.16 bits per heavy atom. The molecule has 0 atom stereocenters. The molecule has 25 heavy (non-hydrogen) atoms. The first-order valence-corrected chi connectivity index (χ1v) is 8.78. The van der Waals surface area contributed by atoms with Gasteiger partial charge in [0.15, 0.2) is 11.5 Å². The Kier molecular flexibility index (Phi) is 4.11. The number of carbonyl (C=O) groups is 1. The van der Waals surface area contributed by atoms with Crippen molar-refractivity contribution in [1.82, 2.24) is 10.5 Å². The van der Waals surface area contributed by atoms with E-state index in [4.69, 9.17) is 14.0 Å². The number of nitrogens with one attached hydrogen (secondary N) is 1. The molecule has 0 spiro atoms. The van der Waals surface area contributed by atoms with Gasteiger partial charge in [-0.15, -0.1) is 0 Å². The molecule has 1 aromatic carbocycles. The first-order chi connectivity index (χ1) is 12.2. The number of carbonyl (C=O) groups excluding carboxylic acids is 1. The summed E-state index contributed by atoms with van der Waals surface area (Å²) in [5.41, 5.74) is 1.83. The summed E-state index contributed by atoms with van der Waals surface area (Å²) in [6, 6.07) is 7.81. The summed E-state index contributed by atoms with van der Waals surface area (Å²) in [4.78, 5) is 12.3. The van der Waals surface area contributed by atoms with E-state index in [1.807, 2.05) is 6.07 Å². The molecule has 1 N–H and O–H groups in total. The maximum absolute atomic E-state index is 12.3. The molecule has 0 bridgehead atoms. The van der Waals surface area contributed by atoms with E-state index in [1.165, 1.54) is 5.56 Å². The molecule has 6 nitrogen and oxygen atoms in total. The number of fused-ring (bicyclic) bond motifs is 1. The van der Waals surface area contributed by atoms with Gasteiger partial charge in [0.05, 0.1) is 5.69 Å². The van der Waals surface area contributed by atoms with E-state index in [-0.39, 0.29) is 17.1 Å². The third-order valence-corrected chi connectivity index (χ3v) is 5.15. The zero-order valence-corrected chi connectivity index (χ0v) is 14.3. The van der Waals surface area contributed by atoms with E-state index < -0.39 is 0 Å². The molecule has 6 heteroatoms. The lowest BCUT2D eigenvalue weighted by Gasteiger charge is -2.31. The van der Waals surface area contributed by atoms with Crippen LogP contribution in [0.3, 0.4) is 0 Å². The van der Waals surface area contributed by atoms with Crippen LogP contribution in [0.2, 0.25) is 0 Å². The Balaban J connectivity index is 1.54. The minimum Gasteiger partial charge on any atom is -0.486 e. The number of amides is 1. The van der Waals surface area contributed by atoms with Crippen LogP contribution < -0.4 is 14.8 Å².